The molecule has 1 aromatic heterocycles. The Morgan fingerprint density at radius 2 is 2.20 bits per heavy atom. The van der Waals surface area contributed by atoms with Gasteiger partial charge in [-0.15, -0.1) is 11.3 Å². The molecule has 2 rings (SSSR count). The zero-order chi connectivity index (χ0) is 14.5. The van der Waals surface area contributed by atoms with Crippen molar-refractivity contribution < 1.29 is 14.5 Å². The minimum atomic E-state index is -0.445. The van der Waals surface area contributed by atoms with Crippen LogP contribution in [-0.4, -0.2) is 22.5 Å². The van der Waals surface area contributed by atoms with E-state index in [2.05, 4.69) is 4.98 Å². The van der Waals surface area contributed by atoms with Crippen molar-refractivity contribution in [3.8, 4) is 11.3 Å². The van der Waals surface area contributed by atoms with E-state index in [-0.39, 0.29) is 18.1 Å². The molecule has 0 saturated carbocycles. The predicted octanol–water partition coefficient (Wildman–Crippen LogP) is 2.82. The Labute approximate surface area is 119 Å². The summed E-state index contributed by atoms with van der Waals surface area (Å²) in [6.45, 7) is 2.06. The smallest absolute Gasteiger partial charge is 0.312 e. The van der Waals surface area contributed by atoms with Crippen LogP contribution in [-0.2, 0) is 16.0 Å². The van der Waals surface area contributed by atoms with E-state index in [1.165, 1.54) is 17.4 Å². The summed E-state index contributed by atoms with van der Waals surface area (Å²) < 4.78 is 4.84. The second-order valence-corrected chi connectivity index (χ2v) is 4.83. The molecule has 0 amide bonds. The van der Waals surface area contributed by atoms with Crippen molar-refractivity contribution >= 4 is 23.0 Å². The summed E-state index contributed by atoms with van der Waals surface area (Å²) in [6.07, 6.45) is 0.0825. The van der Waals surface area contributed by atoms with Gasteiger partial charge >= 0.3 is 5.97 Å². The third-order valence-corrected chi connectivity index (χ3v) is 3.38. The molecule has 0 fully saturated rings. The Morgan fingerprint density at radius 1 is 1.45 bits per heavy atom. The molecule has 0 aliphatic rings. The number of ether oxygens (including phenoxy) is 1. The maximum absolute atomic E-state index is 11.4. The molecule has 6 nitrogen and oxygen atoms in total. The van der Waals surface area contributed by atoms with Gasteiger partial charge in [-0.05, 0) is 13.0 Å². The van der Waals surface area contributed by atoms with Crippen LogP contribution in [0.25, 0.3) is 11.3 Å². The molecule has 0 aliphatic carbocycles. The Kier molecular flexibility index (Phi) is 4.41. The average molecular weight is 292 g/mol. The van der Waals surface area contributed by atoms with Gasteiger partial charge in [0.2, 0.25) is 0 Å². The van der Waals surface area contributed by atoms with Gasteiger partial charge in [0.15, 0.2) is 0 Å². The van der Waals surface area contributed by atoms with Crippen LogP contribution in [0, 0.1) is 10.1 Å². The van der Waals surface area contributed by atoms with E-state index in [0.29, 0.717) is 22.9 Å². The summed E-state index contributed by atoms with van der Waals surface area (Å²) in [5.74, 6) is -0.351. The number of hydrogen-bond donors (Lipinski definition) is 0. The number of rotatable bonds is 5. The van der Waals surface area contributed by atoms with Crippen LogP contribution in [0.5, 0.6) is 0 Å². The molecular weight excluding hydrogens is 280 g/mol. The van der Waals surface area contributed by atoms with Crippen LogP contribution in [0.15, 0.2) is 29.6 Å². The number of nitro benzene ring substituents is 1. The normalized spacial score (nSPS) is 10.2. The van der Waals surface area contributed by atoms with Gasteiger partial charge in [0, 0.05) is 11.4 Å². The first-order chi connectivity index (χ1) is 9.61. The number of benzene rings is 1. The highest BCUT2D eigenvalue weighted by Gasteiger charge is 2.17. The second-order valence-electron chi connectivity index (χ2n) is 3.88. The highest BCUT2D eigenvalue weighted by molar-refractivity contribution is 7.10. The summed E-state index contributed by atoms with van der Waals surface area (Å²) in [5.41, 5.74) is 0.950. The van der Waals surface area contributed by atoms with Gasteiger partial charge in [0.1, 0.15) is 5.01 Å². The number of nitro groups is 1. The number of nitrogens with zero attached hydrogens (tertiary/aromatic N) is 2. The Morgan fingerprint density at radius 3 is 2.90 bits per heavy atom. The molecule has 0 N–H and O–H groups in total. The third-order valence-electron chi connectivity index (χ3n) is 2.53. The summed E-state index contributed by atoms with van der Waals surface area (Å²) >= 11 is 1.28. The zero-order valence-electron chi connectivity index (χ0n) is 10.7. The van der Waals surface area contributed by atoms with Crippen molar-refractivity contribution in [3.05, 3.63) is 44.8 Å². The summed E-state index contributed by atoms with van der Waals surface area (Å²) in [6, 6.07) is 6.39. The maximum Gasteiger partial charge on any atom is 0.312 e. The number of carbonyl (C=O) groups is 1. The Bertz CT molecular complexity index is 639. The van der Waals surface area contributed by atoms with E-state index in [1.807, 2.05) is 0 Å². The SMILES string of the molecule is CCOC(=O)Cc1nc(-c2ccccc2[N+](=O)[O-])cs1. The number of esters is 1. The number of para-hydroxylation sites is 1. The first-order valence-electron chi connectivity index (χ1n) is 5.95. The van der Waals surface area contributed by atoms with Gasteiger partial charge in [-0.1, -0.05) is 12.1 Å². The third kappa shape index (κ3) is 3.18. The lowest BCUT2D eigenvalue weighted by molar-refractivity contribution is -0.384. The summed E-state index contributed by atoms with van der Waals surface area (Å²) in [7, 11) is 0. The van der Waals surface area contributed by atoms with Crippen molar-refractivity contribution in [1.82, 2.24) is 4.98 Å². The standard InChI is InChI=1S/C13H12N2O4S/c1-2-19-13(16)7-12-14-10(8-20-12)9-5-3-4-6-11(9)15(17)18/h3-6,8H,2,7H2,1H3. The summed E-state index contributed by atoms with van der Waals surface area (Å²) in [4.78, 5) is 26.2. The monoisotopic (exact) mass is 292 g/mol. The van der Waals surface area contributed by atoms with Crippen LogP contribution in [0.4, 0.5) is 5.69 Å². The van der Waals surface area contributed by atoms with Crippen molar-refractivity contribution in [2.75, 3.05) is 6.61 Å². The molecular formula is C13H12N2O4S. The molecule has 20 heavy (non-hydrogen) atoms. The zero-order valence-corrected chi connectivity index (χ0v) is 11.6. The van der Waals surface area contributed by atoms with Crippen LogP contribution < -0.4 is 0 Å². The average Bonchev–Trinajstić information content (AvgIpc) is 2.87. The van der Waals surface area contributed by atoms with Crippen LogP contribution in [0.3, 0.4) is 0 Å². The molecule has 1 aromatic carbocycles. The molecule has 1 heterocycles. The molecule has 0 bridgehead atoms. The lowest BCUT2D eigenvalue weighted by atomic mass is 10.1. The minimum absolute atomic E-state index is 0.000449. The van der Waals surface area contributed by atoms with E-state index in [4.69, 9.17) is 4.74 Å². The predicted molar refractivity (Wildman–Crippen MR) is 74.5 cm³/mol. The van der Waals surface area contributed by atoms with E-state index >= 15 is 0 Å². The van der Waals surface area contributed by atoms with E-state index in [9.17, 15) is 14.9 Å². The van der Waals surface area contributed by atoms with Gasteiger partial charge in [-0.25, -0.2) is 4.98 Å². The molecule has 2 aromatic rings. The highest BCUT2D eigenvalue weighted by atomic mass is 32.1. The van der Waals surface area contributed by atoms with E-state index in [0.717, 1.165) is 0 Å². The van der Waals surface area contributed by atoms with Gasteiger partial charge in [0.25, 0.3) is 5.69 Å². The quantitative estimate of drug-likeness (QED) is 0.481. The Balaban J connectivity index is 2.25. The summed E-state index contributed by atoms with van der Waals surface area (Å²) in [5, 5.41) is 13.3. The molecule has 0 aliphatic heterocycles. The first kappa shape index (κ1) is 14.1. The van der Waals surface area contributed by atoms with E-state index in [1.54, 1.807) is 30.5 Å². The lowest BCUT2D eigenvalue weighted by Crippen LogP contribution is -2.07. The molecule has 0 unspecified atom stereocenters. The van der Waals surface area contributed by atoms with Gasteiger partial charge in [0.05, 0.1) is 29.2 Å². The van der Waals surface area contributed by atoms with Crippen molar-refractivity contribution in [1.29, 1.82) is 0 Å². The maximum atomic E-state index is 11.4. The molecule has 0 spiro atoms. The van der Waals surface area contributed by atoms with Crippen molar-refractivity contribution in [2.24, 2.45) is 0 Å². The first-order valence-corrected chi connectivity index (χ1v) is 6.83. The van der Waals surface area contributed by atoms with Crippen LogP contribution >= 0.6 is 11.3 Å². The van der Waals surface area contributed by atoms with Gasteiger partial charge in [-0.3, -0.25) is 14.9 Å². The van der Waals surface area contributed by atoms with Gasteiger partial charge in [-0.2, -0.15) is 0 Å². The van der Waals surface area contributed by atoms with Crippen LogP contribution in [0.2, 0.25) is 0 Å². The fourth-order valence-corrected chi connectivity index (χ4v) is 2.48. The number of aromatic nitrogens is 1. The largest absolute Gasteiger partial charge is 0.466 e. The van der Waals surface area contributed by atoms with Crippen LogP contribution in [0.1, 0.15) is 11.9 Å². The molecule has 104 valence electrons. The second kappa shape index (κ2) is 6.25. The number of carbonyl (C=O) groups excluding carboxylic acids is 1. The van der Waals surface area contributed by atoms with Gasteiger partial charge < -0.3 is 4.74 Å². The fourth-order valence-electron chi connectivity index (χ4n) is 1.70. The van der Waals surface area contributed by atoms with Crippen molar-refractivity contribution in [2.45, 2.75) is 13.3 Å². The highest BCUT2D eigenvalue weighted by Crippen LogP contribution is 2.30. The van der Waals surface area contributed by atoms with E-state index < -0.39 is 4.92 Å². The number of hydrogen-bond acceptors (Lipinski definition) is 6. The fraction of sp³-hybridized carbons (Fsp3) is 0.231. The molecule has 7 heteroatoms. The topological polar surface area (TPSA) is 82.3 Å². The van der Waals surface area contributed by atoms with Crippen molar-refractivity contribution in [3.63, 3.8) is 0 Å². The molecule has 0 saturated heterocycles. The number of thiazole rings is 1. The Hall–Kier alpha value is -2.28. The molecule has 0 atom stereocenters. The molecule has 0 radical (unpaired) electrons. The minimum Gasteiger partial charge on any atom is -0.466 e. The lowest BCUT2D eigenvalue weighted by Gasteiger charge is -1.99.